The smallest absolute Gasteiger partial charge is 0.263 e. The third kappa shape index (κ3) is 4.21. The van der Waals surface area contributed by atoms with E-state index in [1.54, 1.807) is 0 Å². The zero-order valence-electron chi connectivity index (χ0n) is 11.2. The molecular formula is C16H19NOS. The SMILES string of the molecule is CN(CCCCc1ccccc1)C(=O)c1cccs1. The molecule has 0 aliphatic rings. The van der Waals surface area contributed by atoms with Gasteiger partial charge in [-0.15, -0.1) is 11.3 Å². The van der Waals surface area contributed by atoms with E-state index >= 15 is 0 Å². The molecule has 0 aliphatic carbocycles. The first kappa shape index (κ1) is 13.8. The van der Waals surface area contributed by atoms with Gasteiger partial charge in [0.25, 0.3) is 5.91 Å². The maximum absolute atomic E-state index is 12.0. The number of unbranched alkanes of at least 4 members (excludes halogenated alkanes) is 1. The minimum Gasteiger partial charge on any atom is -0.341 e. The Bertz CT molecular complexity index is 493. The van der Waals surface area contributed by atoms with Crippen molar-refractivity contribution in [2.45, 2.75) is 19.3 Å². The van der Waals surface area contributed by atoms with Crippen LogP contribution in [0, 0.1) is 0 Å². The van der Waals surface area contributed by atoms with Crippen molar-refractivity contribution in [1.29, 1.82) is 0 Å². The van der Waals surface area contributed by atoms with Gasteiger partial charge in [-0.2, -0.15) is 0 Å². The van der Waals surface area contributed by atoms with Crippen LogP contribution >= 0.6 is 11.3 Å². The van der Waals surface area contributed by atoms with Crippen molar-refractivity contribution in [2.24, 2.45) is 0 Å². The quantitative estimate of drug-likeness (QED) is 0.732. The third-order valence-electron chi connectivity index (χ3n) is 3.13. The highest BCUT2D eigenvalue weighted by Gasteiger charge is 2.11. The van der Waals surface area contributed by atoms with E-state index in [9.17, 15) is 4.79 Å². The van der Waals surface area contributed by atoms with Gasteiger partial charge in [-0.25, -0.2) is 0 Å². The van der Waals surface area contributed by atoms with Crippen LogP contribution in [0.3, 0.4) is 0 Å². The van der Waals surface area contributed by atoms with E-state index in [0.29, 0.717) is 0 Å². The molecule has 0 saturated carbocycles. The Hall–Kier alpha value is -1.61. The van der Waals surface area contributed by atoms with E-state index in [1.165, 1.54) is 16.9 Å². The Labute approximate surface area is 118 Å². The average molecular weight is 273 g/mol. The lowest BCUT2D eigenvalue weighted by Gasteiger charge is -2.16. The number of amides is 1. The number of hydrogen-bond acceptors (Lipinski definition) is 2. The van der Waals surface area contributed by atoms with Crippen LogP contribution < -0.4 is 0 Å². The van der Waals surface area contributed by atoms with E-state index in [2.05, 4.69) is 24.3 Å². The molecule has 2 aromatic rings. The average Bonchev–Trinajstić information content (AvgIpc) is 2.98. The highest BCUT2D eigenvalue weighted by Crippen LogP contribution is 2.12. The summed E-state index contributed by atoms with van der Waals surface area (Å²) < 4.78 is 0. The Morgan fingerprint density at radius 1 is 1.11 bits per heavy atom. The molecule has 1 aromatic heterocycles. The molecule has 0 N–H and O–H groups in total. The van der Waals surface area contributed by atoms with E-state index in [4.69, 9.17) is 0 Å². The van der Waals surface area contributed by atoms with Gasteiger partial charge in [-0.1, -0.05) is 36.4 Å². The topological polar surface area (TPSA) is 20.3 Å². The Balaban J connectivity index is 1.70. The van der Waals surface area contributed by atoms with Crippen LogP contribution in [0.1, 0.15) is 28.1 Å². The number of carbonyl (C=O) groups is 1. The van der Waals surface area contributed by atoms with Crippen molar-refractivity contribution in [3.8, 4) is 0 Å². The molecule has 0 atom stereocenters. The molecule has 3 heteroatoms. The van der Waals surface area contributed by atoms with Gasteiger partial charge < -0.3 is 4.90 Å². The van der Waals surface area contributed by atoms with Crippen LogP contribution in [0.25, 0.3) is 0 Å². The van der Waals surface area contributed by atoms with Crippen LogP contribution in [-0.2, 0) is 6.42 Å². The van der Waals surface area contributed by atoms with E-state index in [-0.39, 0.29) is 5.91 Å². The molecule has 0 spiro atoms. The van der Waals surface area contributed by atoms with E-state index in [1.807, 2.05) is 35.5 Å². The summed E-state index contributed by atoms with van der Waals surface area (Å²) in [5.74, 6) is 0.134. The molecule has 0 fully saturated rings. The molecule has 0 aliphatic heterocycles. The number of benzene rings is 1. The van der Waals surface area contributed by atoms with Crippen molar-refractivity contribution < 1.29 is 4.79 Å². The first-order valence-corrected chi connectivity index (χ1v) is 7.48. The lowest BCUT2D eigenvalue weighted by atomic mass is 10.1. The zero-order valence-corrected chi connectivity index (χ0v) is 12.0. The third-order valence-corrected chi connectivity index (χ3v) is 3.99. The molecule has 1 heterocycles. The second-order valence-corrected chi connectivity index (χ2v) is 5.59. The monoisotopic (exact) mass is 273 g/mol. The van der Waals surface area contributed by atoms with Gasteiger partial charge in [0.15, 0.2) is 0 Å². The lowest BCUT2D eigenvalue weighted by molar-refractivity contribution is 0.0797. The fourth-order valence-electron chi connectivity index (χ4n) is 2.01. The standard InChI is InChI=1S/C16H19NOS/c1-17(16(18)15-11-7-13-19-15)12-6-5-10-14-8-3-2-4-9-14/h2-4,7-9,11,13H,5-6,10,12H2,1H3. The lowest BCUT2D eigenvalue weighted by Crippen LogP contribution is -2.27. The Morgan fingerprint density at radius 3 is 2.58 bits per heavy atom. The minimum absolute atomic E-state index is 0.134. The van der Waals surface area contributed by atoms with Gasteiger partial charge in [0, 0.05) is 13.6 Å². The van der Waals surface area contributed by atoms with Crippen molar-refractivity contribution in [3.63, 3.8) is 0 Å². The molecule has 2 rings (SSSR count). The molecule has 0 bridgehead atoms. The summed E-state index contributed by atoms with van der Waals surface area (Å²) in [6.45, 7) is 0.823. The maximum atomic E-state index is 12.0. The summed E-state index contributed by atoms with van der Waals surface area (Å²) in [5, 5.41) is 1.94. The summed E-state index contributed by atoms with van der Waals surface area (Å²) in [5.41, 5.74) is 1.37. The molecular weight excluding hydrogens is 254 g/mol. The van der Waals surface area contributed by atoms with Gasteiger partial charge >= 0.3 is 0 Å². The minimum atomic E-state index is 0.134. The van der Waals surface area contributed by atoms with E-state index in [0.717, 1.165) is 30.7 Å². The molecule has 2 nitrogen and oxygen atoms in total. The summed E-state index contributed by atoms with van der Waals surface area (Å²) in [6, 6.07) is 14.3. The van der Waals surface area contributed by atoms with Crippen LogP contribution in [0.5, 0.6) is 0 Å². The van der Waals surface area contributed by atoms with Crippen LogP contribution in [0.15, 0.2) is 47.8 Å². The number of nitrogens with zero attached hydrogens (tertiary/aromatic N) is 1. The van der Waals surface area contributed by atoms with Crippen molar-refractivity contribution in [1.82, 2.24) is 4.90 Å². The van der Waals surface area contributed by atoms with Gasteiger partial charge in [0.05, 0.1) is 4.88 Å². The highest BCUT2D eigenvalue weighted by atomic mass is 32.1. The Kier molecular flexibility index (Phi) is 5.16. The molecule has 0 saturated heterocycles. The number of aryl methyl sites for hydroxylation is 1. The van der Waals surface area contributed by atoms with Crippen LogP contribution in [-0.4, -0.2) is 24.4 Å². The predicted octanol–water partition coefficient (Wildman–Crippen LogP) is 3.84. The van der Waals surface area contributed by atoms with Crippen molar-refractivity contribution in [2.75, 3.05) is 13.6 Å². The highest BCUT2D eigenvalue weighted by molar-refractivity contribution is 7.12. The normalized spacial score (nSPS) is 10.4. The predicted molar refractivity (Wildman–Crippen MR) is 80.7 cm³/mol. The number of thiophene rings is 1. The maximum Gasteiger partial charge on any atom is 0.263 e. The number of hydrogen-bond donors (Lipinski definition) is 0. The summed E-state index contributed by atoms with van der Waals surface area (Å²) in [6.07, 6.45) is 3.25. The first-order chi connectivity index (χ1) is 9.27. The fourth-order valence-corrected chi connectivity index (χ4v) is 2.73. The first-order valence-electron chi connectivity index (χ1n) is 6.60. The van der Waals surface area contributed by atoms with Crippen molar-refractivity contribution >= 4 is 17.2 Å². The fraction of sp³-hybridized carbons (Fsp3) is 0.312. The van der Waals surface area contributed by atoms with Crippen LogP contribution in [0.2, 0.25) is 0 Å². The largest absolute Gasteiger partial charge is 0.341 e. The Morgan fingerprint density at radius 2 is 1.89 bits per heavy atom. The molecule has 100 valence electrons. The molecule has 0 unspecified atom stereocenters. The summed E-state index contributed by atoms with van der Waals surface area (Å²) in [4.78, 5) is 14.6. The molecule has 1 amide bonds. The van der Waals surface area contributed by atoms with Gasteiger partial charge in [0.2, 0.25) is 0 Å². The zero-order chi connectivity index (χ0) is 13.5. The van der Waals surface area contributed by atoms with Gasteiger partial charge in [-0.05, 0) is 36.3 Å². The second-order valence-electron chi connectivity index (χ2n) is 4.65. The van der Waals surface area contributed by atoms with E-state index < -0.39 is 0 Å². The molecule has 0 radical (unpaired) electrons. The molecule has 19 heavy (non-hydrogen) atoms. The van der Waals surface area contributed by atoms with Crippen LogP contribution in [0.4, 0.5) is 0 Å². The van der Waals surface area contributed by atoms with Crippen molar-refractivity contribution in [3.05, 3.63) is 58.3 Å². The summed E-state index contributed by atoms with van der Waals surface area (Å²) >= 11 is 1.50. The number of carbonyl (C=O) groups excluding carboxylic acids is 1. The summed E-state index contributed by atoms with van der Waals surface area (Å²) in [7, 11) is 1.88. The second kappa shape index (κ2) is 7.10. The molecule has 1 aromatic carbocycles. The van der Waals surface area contributed by atoms with Gasteiger partial charge in [-0.3, -0.25) is 4.79 Å². The van der Waals surface area contributed by atoms with Gasteiger partial charge in [0.1, 0.15) is 0 Å². The number of rotatable bonds is 6.